The Labute approximate surface area is 155 Å². The van der Waals surface area contributed by atoms with Crippen LogP contribution in [0.1, 0.15) is 28.9 Å². The fourth-order valence-corrected chi connectivity index (χ4v) is 4.11. The van der Waals surface area contributed by atoms with Gasteiger partial charge in [0, 0.05) is 51.0 Å². The average molecular weight is 369 g/mol. The highest BCUT2D eigenvalue weighted by Gasteiger charge is 2.24. The van der Waals surface area contributed by atoms with E-state index < -0.39 is 0 Å². The lowest BCUT2D eigenvalue weighted by Crippen LogP contribution is -2.41. The maximum Gasteiger partial charge on any atom is 0.193 e. The van der Waals surface area contributed by atoms with Gasteiger partial charge < -0.3 is 19.7 Å². The lowest BCUT2D eigenvalue weighted by Gasteiger charge is -2.21. The van der Waals surface area contributed by atoms with E-state index in [1.807, 2.05) is 18.4 Å². The van der Waals surface area contributed by atoms with Gasteiger partial charge in [0.05, 0.1) is 30.5 Å². The van der Waals surface area contributed by atoms with Gasteiger partial charge in [-0.2, -0.15) is 0 Å². The Morgan fingerprint density at radius 3 is 2.96 bits per heavy atom. The Kier molecular flexibility index (Phi) is 8.64. The number of hydrogen-bond donors (Lipinski definition) is 1. The van der Waals surface area contributed by atoms with Crippen LogP contribution in [0.2, 0.25) is 0 Å². The second-order valence-corrected chi connectivity index (χ2v) is 7.64. The maximum absolute atomic E-state index is 5.66. The predicted molar refractivity (Wildman–Crippen MR) is 104 cm³/mol. The summed E-state index contributed by atoms with van der Waals surface area (Å²) in [6, 6.07) is 0. The molecule has 2 heterocycles. The van der Waals surface area contributed by atoms with Crippen LogP contribution in [0.3, 0.4) is 0 Å². The molecule has 7 heteroatoms. The second-order valence-electron chi connectivity index (χ2n) is 6.36. The topological polar surface area (TPSA) is 59.0 Å². The van der Waals surface area contributed by atoms with E-state index in [-0.39, 0.29) is 0 Å². The van der Waals surface area contributed by atoms with E-state index in [0.717, 1.165) is 51.5 Å². The van der Waals surface area contributed by atoms with Crippen molar-refractivity contribution in [3.8, 4) is 0 Å². The summed E-state index contributed by atoms with van der Waals surface area (Å²) in [5.41, 5.74) is 1.24. The lowest BCUT2D eigenvalue weighted by molar-refractivity contribution is 0.0536. The summed E-state index contributed by atoms with van der Waals surface area (Å²) in [7, 11) is 3.56. The van der Waals surface area contributed by atoms with Gasteiger partial charge in [0.2, 0.25) is 0 Å². The van der Waals surface area contributed by atoms with Crippen LogP contribution in [0, 0.1) is 12.8 Å². The fourth-order valence-electron chi connectivity index (χ4n) is 3.09. The smallest absolute Gasteiger partial charge is 0.193 e. The number of nitrogens with zero attached hydrogens (tertiary/aromatic N) is 3. The minimum Gasteiger partial charge on any atom is -0.382 e. The first kappa shape index (κ1) is 20.1. The van der Waals surface area contributed by atoms with Crippen molar-refractivity contribution in [2.24, 2.45) is 10.9 Å². The summed E-state index contributed by atoms with van der Waals surface area (Å²) in [6.07, 6.45) is 3.11. The Morgan fingerprint density at radius 1 is 1.44 bits per heavy atom. The summed E-state index contributed by atoms with van der Waals surface area (Å²) < 4.78 is 10.7. The minimum atomic E-state index is 0.573. The molecule has 1 aliphatic rings. The number of ether oxygens (including phenoxy) is 2. The van der Waals surface area contributed by atoms with E-state index in [1.165, 1.54) is 15.6 Å². The van der Waals surface area contributed by atoms with Crippen molar-refractivity contribution in [3.05, 3.63) is 15.6 Å². The molecule has 1 fully saturated rings. The highest BCUT2D eigenvalue weighted by atomic mass is 32.1. The molecule has 1 saturated heterocycles. The van der Waals surface area contributed by atoms with Crippen molar-refractivity contribution in [2.75, 3.05) is 53.6 Å². The number of likely N-dealkylation sites (tertiary alicyclic amines) is 1. The Balaban J connectivity index is 1.71. The second kappa shape index (κ2) is 10.7. The molecule has 142 valence electrons. The van der Waals surface area contributed by atoms with E-state index in [1.54, 1.807) is 7.11 Å². The number of methoxy groups -OCH3 is 1. The monoisotopic (exact) mass is 368 g/mol. The molecule has 0 bridgehead atoms. The number of rotatable bonds is 9. The van der Waals surface area contributed by atoms with Crippen LogP contribution < -0.4 is 5.32 Å². The quantitative estimate of drug-likeness (QED) is 0.411. The van der Waals surface area contributed by atoms with Gasteiger partial charge in [0.15, 0.2) is 5.96 Å². The van der Waals surface area contributed by atoms with E-state index in [4.69, 9.17) is 14.5 Å². The molecule has 0 radical (unpaired) electrons. The van der Waals surface area contributed by atoms with E-state index >= 15 is 0 Å². The fraction of sp³-hybridized carbons (Fsp3) is 0.778. The van der Waals surface area contributed by atoms with Gasteiger partial charge in [0.25, 0.3) is 0 Å². The number of aryl methyl sites for hydroxylation is 2. The van der Waals surface area contributed by atoms with Crippen molar-refractivity contribution in [2.45, 2.75) is 33.1 Å². The Hall–Kier alpha value is -1.18. The van der Waals surface area contributed by atoms with Crippen LogP contribution in [-0.2, 0) is 22.3 Å². The van der Waals surface area contributed by atoms with E-state index in [9.17, 15) is 0 Å². The molecule has 6 nitrogen and oxygen atoms in total. The van der Waals surface area contributed by atoms with Crippen molar-refractivity contribution >= 4 is 17.3 Å². The molecule has 0 saturated carbocycles. The molecule has 1 aromatic heterocycles. The number of thiazole rings is 1. The highest BCUT2D eigenvalue weighted by molar-refractivity contribution is 7.11. The SMILES string of the molecule is CCc1nc(CCNC(=NC)N2CCC(COCCOC)C2)sc1C. The molecule has 0 spiro atoms. The summed E-state index contributed by atoms with van der Waals surface area (Å²) in [5.74, 6) is 1.56. The number of guanidine groups is 1. The molecule has 1 unspecified atom stereocenters. The standard InChI is InChI=1S/C18H32N4O2S/c1-5-16-14(2)25-17(21-16)6-8-20-18(19-3)22-9-7-15(12-22)13-24-11-10-23-4/h15H,5-13H2,1-4H3,(H,19,20). The van der Waals surface area contributed by atoms with Gasteiger partial charge in [-0.05, 0) is 19.8 Å². The molecule has 2 rings (SSSR count). The van der Waals surface area contributed by atoms with Gasteiger partial charge in [0.1, 0.15) is 0 Å². The summed E-state index contributed by atoms with van der Waals surface area (Å²) in [5, 5.41) is 4.70. The van der Waals surface area contributed by atoms with Crippen LogP contribution in [0.5, 0.6) is 0 Å². The molecule has 1 atom stereocenters. The normalized spacial score (nSPS) is 18.2. The van der Waals surface area contributed by atoms with E-state index in [2.05, 4.69) is 29.1 Å². The molecule has 0 aromatic carbocycles. The third-order valence-corrected chi connectivity index (χ3v) is 5.55. The number of aliphatic imine (C=N–C) groups is 1. The molecule has 1 aromatic rings. The molecular formula is C18H32N4O2S. The summed E-state index contributed by atoms with van der Waals surface area (Å²) in [6.45, 7) is 9.36. The molecule has 1 N–H and O–H groups in total. The number of hydrogen-bond acceptors (Lipinski definition) is 5. The minimum absolute atomic E-state index is 0.573. The Morgan fingerprint density at radius 2 is 2.28 bits per heavy atom. The molecule has 25 heavy (non-hydrogen) atoms. The zero-order chi connectivity index (χ0) is 18.1. The summed E-state index contributed by atoms with van der Waals surface area (Å²) >= 11 is 1.81. The third kappa shape index (κ3) is 6.24. The van der Waals surface area contributed by atoms with Crippen molar-refractivity contribution < 1.29 is 9.47 Å². The third-order valence-electron chi connectivity index (χ3n) is 4.48. The van der Waals surface area contributed by atoms with Crippen LogP contribution in [0.25, 0.3) is 0 Å². The van der Waals surface area contributed by atoms with Crippen LogP contribution >= 0.6 is 11.3 Å². The van der Waals surface area contributed by atoms with E-state index in [0.29, 0.717) is 19.1 Å². The first-order valence-corrected chi connectivity index (χ1v) is 9.97. The van der Waals surface area contributed by atoms with Gasteiger partial charge >= 0.3 is 0 Å². The first-order chi connectivity index (χ1) is 12.2. The van der Waals surface area contributed by atoms with Gasteiger partial charge in [-0.15, -0.1) is 11.3 Å². The largest absolute Gasteiger partial charge is 0.382 e. The molecule has 1 aliphatic heterocycles. The molecule has 0 amide bonds. The zero-order valence-corrected chi connectivity index (χ0v) is 16.8. The maximum atomic E-state index is 5.66. The summed E-state index contributed by atoms with van der Waals surface area (Å²) in [4.78, 5) is 12.8. The van der Waals surface area contributed by atoms with Gasteiger partial charge in [-0.25, -0.2) is 4.98 Å². The van der Waals surface area contributed by atoms with Crippen LogP contribution in [-0.4, -0.2) is 69.5 Å². The predicted octanol–water partition coefficient (Wildman–Crippen LogP) is 2.12. The number of aromatic nitrogens is 1. The van der Waals surface area contributed by atoms with Crippen molar-refractivity contribution in [3.63, 3.8) is 0 Å². The van der Waals surface area contributed by atoms with Gasteiger partial charge in [-0.3, -0.25) is 4.99 Å². The average Bonchev–Trinajstić information content (AvgIpc) is 3.22. The first-order valence-electron chi connectivity index (χ1n) is 9.15. The lowest BCUT2D eigenvalue weighted by atomic mass is 10.1. The zero-order valence-electron chi connectivity index (χ0n) is 16.0. The van der Waals surface area contributed by atoms with Crippen molar-refractivity contribution in [1.82, 2.24) is 15.2 Å². The molecular weight excluding hydrogens is 336 g/mol. The van der Waals surface area contributed by atoms with Crippen LogP contribution in [0.15, 0.2) is 4.99 Å². The molecule has 0 aliphatic carbocycles. The Bertz CT molecular complexity index is 547. The van der Waals surface area contributed by atoms with Crippen molar-refractivity contribution in [1.29, 1.82) is 0 Å². The highest BCUT2D eigenvalue weighted by Crippen LogP contribution is 2.19. The van der Waals surface area contributed by atoms with Crippen LogP contribution in [0.4, 0.5) is 0 Å². The number of nitrogens with one attached hydrogen (secondary N) is 1. The van der Waals surface area contributed by atoms with Gasteiger partial charge in [-0.1, -0.05) is 6.92 Å².